The molecule has 1 amide bonds. The van der Waals surface area contributed by atoms with Crippen LogP contribution in [0.15, 0.2) is 24.4 Å². The highest BCUT2D eigenvalue weighted by molar-refractivity contribution is 6.06. The number of nitrogens with one attached hydrogen (secondary N) is 1. The van der Waals surface area contributed by atoms with Crippen molar-refractivity contribution in [3.05, 3.63) is 45.8 Å². The van der Waals surface area contributed by atoms with E-state index in [0.717, 1.165) is 0 Å². The van der Waals surface area contributed by atoms with Crippen molar-refractivity contribution < 1.29 is 14.5 Å². The van der Waals surface area contributed by atoms with Gasteiger partial charge in [-0.1, -0.05) is 0 Å². The van der Waals surface area contributed by atoms with E-state index in [-0.39, 0.29) is 11.4 Å². The molecule has 0 fully saturated rings. The van der Waals surface area contributed by atoms with E-state index in [9.17, 15) is 14.9 Å². The van der Waals surface area contributed by atoms with Crippen LogP contribution in [0, 0.1) is 17.0 Å². The molecule has 1 N–H and O–H groups in total. The molecule has 0 saturated heterocycles. The van der Waals surface area contributed by atoms with E-state index in [1.165, 1.54) is 18.3 Å². The first-order valence-corrected chi connectivity index (χ1v) is 6.65. The fourth-order valence-electron chi connectivity index (χ4n) is 1.94. The van der Waals surface area contributed by atoms with Crippen LogP contribution in [0.25, 0.3) is 0 Å². The average Bonchev–Trinajstić information content (AvgIpc) is 2.80. The van der Waals surface area contributed by atoms with Crippen LogP contribution in [0.5, 0.6) is 5.75 Å². The number of carbonyl (C=O) groups is 1. The highest BCUT2D eigenvalue weighted by Crippen LogP contribution is 2.29. The summed E-state index contributed by atoms with van der Waals surface area (Å²) in [4.78, 5) is 22.8. The fourth-order valence-corrected chi connectivity index (χ4v) is 1.94. The van der Waals surface area contributed by atoms with E-state index in [2.05, 4.69) is 10.4 Å². The van der Waals surface area contributed by atoms with Gasteiger partial charge in [0.05, 0.1) is 29.4 Å². The first kappa shape index (κ1) is 15.5. The number of aryl methyl sites for hydroxylation is 1. The Labute approximate surface area is 126 Å². The summed E-state index contributed by atoms with van der Waals surface area (Å²) in [6, 6.07) is 4.31. The summed E-state index contributed by atoms with van der Waals surface area (Å²) >= 11 is 0. The van der Waals surface area contributed by atoms with Gasteiger partial charge in [0.25, 0.3) is 11.6 Å². The fraction of sp³-hybridized carbons (Fsp3) is 0.286. The lowest BCUT2D eigenvalue weighted by atomic mass is 10.2. The Morgan fingerprint density at radius 2 is 2.23 bits per heavy atom. The van der Waals surface area contributed by atoms with Gasteiger partial charge in [0, 0.05) is 12.7 Å². The van der Waals surface area contributed by atoms with E-state index in [1.807, 2.05) is 0 Å². The number of nitro groups is 1. The minimum absolute atomic E-state index is 0.113. The third-order valence-corrected chi connectivity index (χ3v) is 3.20. The maximum atomic E-state index is 12.2. The quantitative estimate of drug-likeness (QED) is 0.675. The molecule has 8 nitrogen and oxygen atoms in total. The normalized spacial score (nSPS) is 10.3. The van der Waals surface area contributed by atoms with Crippen molar-refractivity contribution >= 4 is 17.3 Å². The maximum absolute atomic E-state index is 12.2. The molecule has 1 aromatic heterocycles. The van der Waals surface area contributed by atoms with Crippen LogP contribution in [-0.4, -0.2) is 27.2 Å². The predicted octanol–water partition coefficient (Wildman–Crippen LogP) is 2.29. The third kappa shape index (κ3) is 3.05. The zero-order valence-corrected chi connectivity index (χ0v) is 12.5. The molecule has 0 aliphatic heterocycles. The number of nitrogens with zero attached hydrogens (tertiary/aromatic N) is 3. The van der Waals surface area contributed by atoms with Gasteiger partial charge in [0.1, 0.15) is 11.4 Å². The van der Waals surface area contributed by atoms with Crippen LogP contribution in [-0.2, 0) is 7.05 Å². The number of hydrogen-bond acceptors (Lipinski definition) is 5. The van der Waals surface area contributed by atoms with Crippen molar-refractivity contribution in [2.24, 2.45) is 7.05 Å². The predicted molar refractivity (Wildman–Crippen MR) is 80.2 cm³/mol. The third-order valence-electron chi connectivity index (χ3n) is 3.20. The number of rotatable bonds is 5. The van der Waals surface area contributed by atoms with Crippen LogP contribution in [0.3, 0.4) is 0 Å². The molecule has 0 radical (unpaired) electrons. The molecule has 0 unspecified atom stereocenters. The van der Waals surface area contributed by atoms with Crippen LogP contribution in [0.4, 0.5) is 11.4 Å². The summed E-state index contributed by atoms with van der Waals surface area (Å²) in [7, 11) is 1.71. The van der Waals surface area contributed by atoms with Crippen molar-refractivity contribution in [1.29, 1.82) is 0 Å². The number of amides is 1. The number of benzene rings is 1. The van der Waals surface area contributed by atoms with Gasteiger partial charge in [-0.15, -0.1) is 0 Å². The van der Waals surface area contributed by atoms with Crippen molar-refractivity contribution in [1.82, 2.24) is 9.78 Å². The second kappa shape index (κ2) is 6.25. The molecule has 0 atom stereocenters. The van der Waals surface area contributed by atoms with E-state index < -0.39 is 10.8 Å². The first-order chi connectivity index (χ1) is 10.4. The minimum Gasteiger partial charge on any atom is -0.494 e. The summed E-state index contributed by atoms with van der Waals surface area (Å²) in [6.45, 7) is 3.93. The zero-order chi connectivity index (χ0) is 16.3. The second-order valence-electron chi connectivity index (χ2n) is 4.59. The molecule has 2 rings (SSSR count). The van der Waals surface area contributed by atoms with Gasteiger partial charge in [-0.2, -0.15) is 5.10 Å². The summed E-state index contributed by atoms with van der Waals surface area (Å²) in [5, 5.41) is 17.7. The van der Waals surface area contributed by atoms with Gasteiger partial charge in [-0.3, -0.25) is 19.6 Å². The summed E-state index contributed by atoms with van der Waals surface area (Å²) in [6.07, 6.45) is 1.42. The Kier molecular flexibility index (Phi) is 4.40. The number of aromatic nitrogens is 2. The topological polar surface area (TPSA) is 99.3 Å². The van der Waals surface area contributed by atoms with Crippen LogP contribution >= 0.6 is 0 Å². The van der Waals surface area contributed by atoms with Crippen molar-refractivity contribution in [3.8, 4) is 5.75 Å². The standard InChI is InChI=1S/C14H16N4O4/c1-4-22-10-5-6-12(13(7-10)18(20)21)16-14(19)11-8-15-17(3)9(11)2/h5-8H,4H2,1-3H3,(H,16,19). The Morgan fingerprint density at radius 3 is 2.77 bits per heavy atom. The largest absolute Gasteiger partial charge is 0.494 e. The number of carbonyl (C=O) groups excluding carboxylic acids is 1. The van der Waals surface area contributed by atoms with Gasteiger partial charge in [-0.05, 0) is 26.0 Å². The summed E-state index contributed by atoms with van der Waals surface area (Å²) < 4.78 is 6.79. The molecule has 0 saturated carbocycles. The Bertz CT molecular complexity index is 724. The molecule has 0 aliphatic rings. The highest BCUT2D eigenvalue weighted by atomic mass is 16.6. The van der Waals surface area contributed by atoms with Crippen LogP contribution in [0.2, 0.25) is 0 Å². The molecule has 8 heteroatoms. The second-order valence-corrected chi connectivity index (χ2v) is 4.59. The molecule has 0 aliphatic carbocycles. The van der Waals surface area contributed by atoms with Gasteiger partial charge in [-0.25, -0.2) is 0 Å². The molecule has 0 bridgehead atoms. The summed E-state index contributed by atoms with van der Waals surface area (Å²) in [5.41, 5.74) is 0.930. The van der Waals surface area contributed by atoms with Gasteiger partial charge in [0.15, 0.2) is 0 Å². The van der Waals surface area contributed by atoms with Crippen molar-refractivity contribution in [3.63, 3.8) is 0 Å². The molecule has 116 valence electrons. The molecule has 2 aromatic rings. The molecule has 0 spiro atoms. The molecule has 1 heterocycles. The van der Waals surface area contributed by atoms with E-state index >= 15 is 0 Å². The van der Waals surface area contributed by atoms with Crippen LogP contribution in [0.1, 0.15) is 23.0 Å². The van der Waals surface area contributed by atoms with Crippen molar-refractivity contribution in [2.45, 2.75) is 13.8 Å². The van der Waals surface area contributed by atoms with Gasteiger partial charge >= 0.3 is 0 Å². The number of anilines is 1. The zero-order valence-electron chi connectivity index (χ0n) is 12.5. The smallest absolute Gasteiger partial charge is 0.296 e. The number of nitro benzene ring substituents is 1. The highest BCUT2D eigenvalue weighted by Gasteiger charge is 2.20. The molecule has 1 aromatic carbocycles. The Hall–Kier alpha value is -2.90. The number of hydrogen-bond donors (Lipinski definition) is 1. The SMILES string of the molecule is CCOc1ccc(NC(=O)c2cnn(C)c2C)c([N+](=O)[O-])c1. The lowest BCUT2D eigenvalue weighted by Gasteiger charge is -2.08. The average molecular weight is 304 g/mol. The molecular formula is C14H16N4O4. The maximum Gasteiger partial charge on any atom is 0.296 e. The van der Waals surface area contributed by atoms with Crippen LogP contribution < -0.4 is 10.1 Å². The monoisotopic (exact) mass is 304 g/mol. The van der Waals surface area contributed by atoms with Crippen molar-refractivity contribution in [2.75, 3.05) is 11.9 Å². The lowest BCUT2D eigenvalue weighted by molar-refractivity contribution is -0.384. The van der Waals surface area contributed by atoms with E-state index in [0.29, 0.717) is 23.6 Å². The van der Waals surface area contributed by atoms with Gasteiger partial charge in [0.2, 0.25) is 0 Å². The first-order valence-electron chi connectivity index (χ1n) is 6.65. The lowest BCUT2D eigenvalue weighted by Crippen LogP contribution is -2.14. The van der Waals surface area contributed by atoms with E-state index in [1.54, 1.807) is 31.6 Å². The van der Waals surface area contributed by atoms with Gasteiger partial charge < -0.3 is 10.1 Å². The number of ether oxygens (including phenoxy) is 1. The Morgan fingerprint density at radius 1 is 1.50 bits per heavy atom. The van der Waals surface area contributed by atoms with E-state index in [4.69, 9.17) is 4.74 Å². The summed E-state index contributed by atoms with van der Waals surface area (Å²) in [5.74, 6) is -0.0670. The molecular weight excluding hydrogens is 288 g/mol. The minimum atomic E-state index is -0.561. The Balaban J connectivity index is 2.30. The molecule has 22 heavy (non-hydrogen) atoms.